The van der Waals surface area contributed by atoms with Crippen LogP contribution in [0.2, 0.25) is 0 Å². The number of furan rings is 1. The van der Waals surface area contributed by atoms with E-state index in [0.29, 0.717) is 21.8 Å². The second-order valence-electron chi connectivity index (χ2n) is 23.3. The van der Waals surface area contributed by atoms with Crippen molar-refractivity contribution in [2.45, 2.75) is 71.3 Å². The lowest BCUT2D eigenvalue weighted by Crippen LogP contribution is -2.64. The Balaban J connectivity index is 0.777. The van der Waals surface area contributed by atoms with Crippen molar-refractivity contribution in [1.82, 2.24) is 45.5 Å². The topological polar surface area (TPSA) is 334 Å². The third-order valence-electron chi connectivity index (χ3n) is 15.9. The largest absolute Gasteiger partial charge is 0.497 e. The monoisotopic (exact) mass is 1180 g/mol. The van der Waals surface area contributed by atoms with Gasteiger partial charge >= 0.3 is 30.0 Å². The first-order valence-corrected chi connectivity index (χ1v) is 27.1. The van der Waals surface area contributed by atoms with Gasteiger partial charge in [0.25, 0.3) is 23.6 Å². The number of benzene rings is 2. The molecule has 0 saturated carbocycles. The summed E-state index contributed by atoms with van der Waals surface area (Å²) in [6.45, 7) is 5.58. The Morgan fingerprint density at radius 3 is 2.22 bits per heavy atom. The number of hydrogen-bond donors (Lipinski definition) is 4. The van der Waals surface area contributed by atoms with Crippen LogP contribution in [0.3, 0.4) is 0 Å². The molecule has 0 spiro atoms. The van der Waals surface area contributed by atoms with Gasteiger partial charge in [-0.15, -0.1) is 0 Å². The Hall–Kier alpha value is -10.2. The van der Waals surface area contributed by atoms with Crippen LogP contribution in [0.1, 0.15) is 94.7 Å². The SMILES string of the molecule is COc1ccc2c(c1)C(=O)N(C[C@@]1(C3C=Cc4nc(N5CC(CC(C)(C)C(=O)OCN6C(=O)N[C@@](CN7Cc8ccc(OC)c(F)c8C7=O)(c7cc8ncc(C(N)=O)cc8o7)C6=O)CNC5=O)ccc4O3)NC(=O)N(COC(=O)C(C)(C)C)C1=O)C2. The minimum atomic E-state index is -2.19. The summed E-state index contributed by atoms with van der Waals surface area (Å²) in [7, 11) is 2.71. The summed E-state index contributed by atoms with van der Waals surface area (Å²) in [6.07, 6.45) is 3.10. The maximum Gasteiger partial charge on any atom is 0.328 e. The number of primary amides is 1. The molecule has 11 rings (SSSR count). The number of nitrogens with zero attached hydrogens (tertiary/aromatic N) is 7. The van der Waals surface area contributed by atoms with Gasteiger partial charge in [-0.25, -0.2) is 33.6 Å². The van der Waals surface area contributed by atoms with Crippen LogP contribution in [0.5, 0.6) is 17.2 Å². The van der Waals surface area contributed by atoms with Crippen molar-refractivity contribution in [3.05, 3.63) is 112 Å². The summed E-state index contributed by atoms with van der Waals surface area (Å²) in [5.41, 5.74) is 0.468. The van der Waals surface area contributed by atoms with Gasteiger partial charge in [0.15, 0.2) is 47.8 Å². The molecule has 2 aromatic carbocycles. The van der Waals surface area contributed by atoms with Gasteiger partial charge in [0.2, 0.25) is 5.91 Å². The summed E-state index contributed by atoms with van der Waals surface area (Å²) in [4.78, 5) is 151. The lowest BCUT2D eigenvalue weighted by atomic mass is 9.82. The van der Waals surface area contributed by atoms with Crippen molar-refractivity contribution < 1.29 is 80.4 Å². The first-order valence-electron chi connectivity index (χ1n) is 27.1. The predicted octanol–water partition coefficient (Wildman–Crippen LogP) is 3.91. The van der Waals surface area contributed by atoms with Crippen LogP contribution in [-0.4, -0.2) is 155 Å². The fourth-order valence-electron chi connectivity index (χ4n) is 11.3. The number of carbonyl (C=O) groups excluding carboxylic acids is 10. The number of pyridine rings is 2. The molecule has 6 aliphatic rings. The number of amides is 11. The molecule has 6 aliphatic heterocycles. The van der Waals surface area contributed by atoms with Crippen LogP contribution in [-0.2, 0) is 47.3 Å². The number of nitrogens with two attached hydrogens (primary N) is 1. The van der Waals surface area contributed by atoms with Crippen LogP contribution < -0.4 is 40.8 Å². The van der Waals surface area contributed by atoms with Crippen molar-refractivity contribution in [2.24, 2.45) is 22.5 Å². The van der Waals surface area contributed by atoms with E-state index in [1.807, 2.05) is 0 Å². The molecule has 2 unspecified atom stereocenters. The van der Waals surface area contributed by atoms with Crippen molar-refractivity contribution in [2.75, 3.05) is 58.8 Å². The molecule has 28 heteroatoms. The second kappa shape index (κ2) is 21.2. The van der Waals surface area contributed by atoms with Gasteiger partial charge in [-0.05, 0) is 107 Å². The highest BCUT2D eigenvalue weighted by atomic mass is 19.1. The molecule has 5 N–H and O–H groups in total. The summed E-state index contributed by atoms with van der Waals surface area (Å²) < 4.78 is 49.5. The fourth-order valence-corrected chi connectivity index (χ4v) is 11.3. The summed E-state index contributed by atoms with van der Waals surface area (Å²) in [5.74, 6) is -6.32. The zero-order valence-electron chi connectivity index (χ0n) is 47.6. The molecule has 11 amide bonds. The minimum Gasteiger partial charge on any atom is -0.497 e. The van der Waals surface area contributed by atoms with E-state index in [9.17, 15) is 47.9 Å². The van der Waals surface area contributed by atoms with E-state index >= 15 is 4.39 Å². The lowest BCUT2D eigenvalue weighted by molar-refractivity contribution is -0.161. The molecule has 9 heterocycles. The number of urea groups is 3. The molecule has 3 aromatic heterocycles. The van der Waals surface area contributed by atoms with Gasteiger partial charge in [0.1, 0.15) is 34.3 Å². The molecule has 3 fully saturated rings. The van der Waals surface area contributed by atoms with Crippen molar-refractivity contribution >= 4 is 82.6 Å². The maximum absolute atomic E-state index is 15.5. The molecule has 86 heavy (non-hydrogen) atoms. The van der Waals surface area contributed by atoms with Gasteiger partial charge in [0, 0.05) is 44.0 Å². The van der Waals surface area contributed by atoms with Crippen molar-refractivity contribution in [1.29, 1.82) is 0 Å². The first kappa shape index (κ1) is 57.7. The quantitative estimate of drug-likeness (QED) is 0.0757. The Kier molecular flexibility index (Phi) is 14.2. The Morgan fingerprint density at radius 2 is 1.50 bits per heavy atom. The number of methoxy groups -OCH3 is 2. The number of aromatic nitrogens is 2. The maximum atomic E-state index is 15.5. The molecule has 3 saturated heterocycles. The van der Waals surface area contributed by atoms with Crippen LogP contribution in [0.25, 0.3) is 17.2 Å². The Bertz CT molecular complexity index is 3820. The third kappa shape index (κ3) is 9.91. The molecule has 0 bridgehead atoms. The van der Waals surface area contributed by atoms with Gasteiger partial charge in [-0.2, -0.15) is 0 Å². The van der Waals surface area contributed by atoms with E-state index in [1.54, 1.807) is 58.9 Å². The number of anilines is 1. The van der Waals surface area contributed by atoms with E-state index in [4.69, 9.17) is 38.8 Å². The summed E-state index contributed by atoms with van der Waals surface area (Å²) in [5, 5.41) is 8.20. The number of imide groups is 2. The fraction of sp³-hybridized carbons (Fsp3) is 0.379. The number of esters is 2. The lowest BCUT2D eigenvalue weighted by Gasteiger charge is -2.38. The van der Waals surface area contributed by atoms with Crippen LogP contribution in [0, 0.1) is 22.6 Å². The van der Waals surface area contributed by atoms with Gasteiger partial charge < -0.3 is 59.6 Å². The van der Waals surface area contributed by atoms with Gasteiger partial charge in [0.05, 0.1) is 49.3 Å². The number of halogens is 1. The average molecular weight is 1180 g/mol. The molecule has 448 valence electrons. The molecule has 5 aromatic rings. The Labute approximate surface area is 488 Å². The molecule has 27 nitrogen and oxygen atoms in total. The number of rotatable bonds is 17. The van der Waals surface area contributed by atoms with E-state index < -0.39 is 119 Å². The summed E-state index contributed by atoms with van der Waals surface area (Å²) in [6, 6.07) is 11.1. The minimum absolute atomic E-state index is 0.00898. The number of carbonyl (C=O) groups is 10. The van der Waals surface area contributed by atoms with Gasteiger partial charge in [-0.1, -0.05) is 12.1 Å². The van der Waals surface area contributed by atoms with E-state index in [2.05, 4.69) is 20.9 Å². The predicted molar refractivity (Wildman–Crippen MR) is 295 cm³/mol. The standard InChI is InChI=1S/C58H58FN11O16/c1-55(2,3)50(76)83-27-69-48(74)57(64-53(69)79,25-66-23-30-8-10-33(81-6)17-34(30)46(66)72)40-14-11-35-37(85-40)13-15-42(63-35)68-22-29(20-62-52(68)78)19-56(4,5)51(77)84-28-70-49(75)58(65-54(70)80,41-18-36-39(86-41)16-32(21-61-36)45(60)71)26-67-24-31-9-12-38(82-7)44(59)43(31)47(67)73/h8-18,21,29,40H,19-20,22-28H2,1-7H3,(H2,60,71)(H,62,78)(H,64,79)(H,65,80)/t29?,40?,57-,58-/m0/s1. The van der Waals surface area contributed by atoms with Crippen LogP contribution >= 0.6 is 0 Å². The third-order valence-corrected chi connectivity index (χ3v) is 15.9. The van der Waals surface area contributed by atoms with Crippen molar-refractivity contribution in [3.8, 4) is 17.2 Å². The number of nitrogens with one attached hydrogen (secondary N) is 3. The Morgan fingerprint density at radius 1 is 0.802 bits per heavy atom. The highest BCUT2D eigenvalue weighted by Crippen LogP contribution is 2.41. The normalized spacial score (nSPS) is 21.7. The summed E-state index contributed by atoms with van der Waals surface area (Å²) >= 11 is 0. The molecule has 0 aliphatic carbocycles. The average Bonchev–Trinajstić information content (AvgIpc) is 1.61. The van der Waals surface area contributed by atoms with Gasteiger partial charge in [-0.3, -0.25) is 43.4 Å². The number of hydrogen-bond acceptors (Lipinski definition) is 18. The zero-order chi connectivity index (χ0) is 61.5. The van der Waals surface area contributed by atoms with E-state index in [0.717, 1.165) is 9.80 Å². The zero-order valence-corrected chi connectivity index (χ0v) is 47.6. The molecule has 4 atom stereocenters. The van der Waals surface area contributed by atoms with Crippen molar-refractivity contribution in [3.63, 3.8) is 0 Å². The molecular formula is C58H58FN11O16. The second-order valence-corrected chi connectivity index (χ2v) is 23.3. The molecule has 0 radical (unpaired) electrons. The number of fused-ring (bicyclic) bond motifs is 4. The van der Waals surface area contributed by atoms with E-state index in [1.165, 1.54) is 72.7 Å². The number of ether oxygens (including phenoxy) is 5. The van der Waals surface area contributed by atoms with Crippen LogP contribution in [0.4, 0.5) is 24.6 Å². The first-order chi connectivity index (χ1) is 40.7. The van der Waals surface area contributed by atoms with E-state index in [-0.39, 0.29) is 95.7 Å². The van der Waals surface area contributed by atoms with Crippen LogP contribution in [0.15, 0.2) is 71.3 Å². The smallest absolute Gasteiger partial charge is 0.328 e. The molecular weight excluding hydrogens is 1130 g/mol. The highest BCUT2D eigenvalue weighted by molar-refractivity contribution is 6.10. The highest BCUT2D eigenvalue weighted by Gasteiger charge is 2.60.